The van der Waals surface area contributed by atoms with Crippen LogP contribution >= 0.6 is 0 Å². The molecule has 2 aromatic carbocycles. The Morgan fingerprint density at radius 3 is 2.35 bits per heavy atom. The Morgan fingerprint density at radius 1 is 0.968 bits per heavy atom. The molecule has 1 atom stereocenters. The fraction of sp³-hybridized carbons (Fsp3) is 0.292. The predicted octanol–water partition coefficient (Wildman–Crippen LogP) is 4.19. The molecule has 3 N–H and O–H groups in total. The predicted molar refractivity (Wildman–Crippen MR) is 119 cm³/mol. The van der Waals surface area contributed by atoms with E-state index in [9.17, 15) is 14.4 Å². The van der Waals surface area contributed by atoms with Crippen molar-refractivity contribution >= 4 is 40.1 Å². The van der Waals surface area contributed by atoms with Gasteiger partial charge < -0.3 is 20.4 Å². The summed E-state index contributed by atoms with van der Waals surface area (Å²) in [6.07, 6.45) is 3.41. The monoisotopic (exact) mass is 419 g/mol. The molecule has 1 aromatic heterocycles. The maximum absolute atomic E-state index is 12.6. The number of H-pyrrole nitrogens is 1. The van der Waals surface area contributed by atoms with E-state index >= 15 is 0 Å². The number of amides is 2. The number of benzene rings is 2. The van der Waals surface area contributed by atoms with Gasteiger partial charge in [0.1, 0.15) is 0 Å². The number of nitrogens with one attached hydrogen (secondary N) is 3. The number of fused-ring (bicyclic) bond motifs is 3. The number of hydrogen-bond acceptors (Lipinski definition) is 4. The quantitative estimate of drug-likeness (QED) is 0.540. The minimum atomic E-state index is -0.960. The van der Waals surface area contributed by atoms with Crippen LogP contribution in [0.2, 0.25) is 0 Å². The van der Waals surface area contributed by atoms with E-state index in [0.717, 1.165) is 30.2 Å². The Bertz CT molecular complexity index is 1150. The fourth-order valence-electron chi connectivity index (χ4n) is 3.90. The highest BCUT2D eigenvalue weighted by molar-refractivity contribution is 5.99. The lowest BCUT2D eigenvalue weighted by Crippen LogP contribution is -2.30. The van der Waals surface area contributed by atoms with E-state index in [1.54, 1.807) is 30.3 Å². The second kappa shape index (κ2) is 8.63. The van der Waals surface area contributed by atoms with Gasteiger partial charge in [-0.15, -0.1) is 0 Å². The van der Waals surface area contributed by atoms with Crippen LogP contribution in [0.15, 0.2) is 42.5 Å². The molecule has 160 valence electrons. The van der Waals surface area contributed by atoms with Gasteiger partial charge in [0.05, 0.1) is 5.56 Å². The van der Waals surface area contributed by atoms with Gasteiger partial charge in [0.15, 0.2) is 6.10 Å². The number of aromatic amines is 1. The molecule has 7 nitrogen and oxygen atoms in total. The van der Waals surface area contributed by atoms with Gasteiger partial charge in [-0.25, -0.2) is 4.79 Å². The molecule has 1 heterocycles. The van der Waals surface area contributed by atoms with Gasteiger partial charge in [0.2, 0.25) is 5.91 Å². The molecule has 1 unspecified atom stereocenters. The molecule has 0 bridgehead atoms. The first kappa shape index (κ1) is 20.7. The van der Waals surface area contributed by atoms with Crippen LogP contribution in [0.25, 0.3) is 10.9 Å². The number of carbonyl (C=O) groups excluding carboxylic acids is 3. The Labute approximate surface area is 180 Å². The van der Waals surface area contributed by atoms with E-state index in [1.807, 2.05) is 12.1 Å². The molecule has 3 aromatic rings. The summed E-state index contributed by atoms with van der Waals surface area (Å²) in [5.74, 6) is -1.13. The van der Waals surface area contributed by atoms with Crippen LogP contribution in [0, 0.1) is 0 Å². The van der Waals surface area contributed by atoms with Crippen LogP contribution in [0.5, 0.6) is 0 Å². The Hall–Kier alpha value is -3.61. The second-order valence-electron chi connectivity index (χ2n) is 7.84. The van der Waals surface area contributed by atoms with Crippen molar-refractivity contribution in [3.8, 4) is 0 Å². The maximum atomic E-state index is 12.6. The van der Waals surface area contributed by atoms with Gasteiger partial charge in [0, 0.05) is 34.9 Å². The summed E-state index contributed by atoms with van der Waals surface area (Å²) >= 11 is 0. The third-order valence-electron chi connectivity index (χ3n) is 5.46. The molecular weight excluding hydrogens is 394 g/mol. The minimum Gasteiger partial charge on any atom is -0.449 e. The molecule has 4 rings (SSSR count). The average molecular weight is 419 g/mol. The van der Waals surface area contributed by atoms with Crippen molar-refractivity contribution in [3.05, 3.63) is 59.3 Å². The Kier molecular flexibility index (Phi) is 5.75. The van der Waals surface area contributed by atoms with E-state index < -0.39 is 18.0 Å². The highest BCUT2D eigenvalue weighted by Crippen LogP contribution is 2.30. The standard InChI is InChI=1S/C24H25N3O4/c1-14(23(29)26-18-10-8-17(9-11-18)25-15(2)28)31-24(30)16-7-12-22-20(13-16)19-5-3-4-6-21(19)27-22/h7-14,27H,3-6H2,1-2H3,(H,25,28)(H,26,29). The van der Waals surface area contributed by atoms with Crippen LogP contribution in [0.4, 0.5) is 11.4 Å². The van der Waals surface area contributed by atoms with E-state index in [2.05, 4.69) is 15.6 Å². The molecule has 1 aliphatic carbocycles. The largest absolute Gasteiger partial charge is 0.449 e. The Morgan fingerprint density at radius 2 is 1.65 bits per heavy atom. The van der Waals surface area contributed by atoms with Crippen molar-refractivity contribution in [3.63, 3.8) is 0 Å². The normalized spacial score (nSPS) is 13.9. The number of aryl methyl sites for hydroxylation is 2. The molecule has 0 radical (unpaired) electrons. The molecule has 0 fully saturated rings. The molecule has 0 saturated heterocycles. The molecule has 1 aliphatic rings. The lowest BCUT2D eigenvalue weighted by atomic mass is 9.95. The van der Waals surface area contributed by atoms with Crippen molar-refractivity contribution in [2.75, 3.05) is 10.6 Å². The van der Waals surface area contributed by atoms with Gasteiger partial charge in [-0.3, -0.25) is 9.59 Å². The molecule has 0 aliphatic heterocycles. The zero-order valence-corrected chi connectivity index (χ0v) is 17.6. The number of carbonyl (C=O) groups is 3. The van der Waals surface area contributed by atoms with Gasteiger partial charge in [-0.2, -0.15) is 0 Å². The van der Waals surface area contributed by atoms with Crippen molar-refractivity contribution in [1.82, 2.24) is 4.98 Å². The van der Waals surface area contributed by atoms with Crippen LogP contribution in [-0.2, 0) is 27.2 Å². The lowest BCUT2D eigenvalue weighted by molar-refractivity contribution is -0.123. The first-order valence-electron chi connectivity index (χ1n) is 10.4. The number of ether oxygens (including phenoxy) is 1. The van der Waals surface area contributed by atoms with Crippen molar-refractivity contribution < 1.29 is 19.1 Å². The van der Waals surface area contributed by atoms with E-state index in [1.165, 1.54) is 31.5 Å². The molecule has 0 saturated carbocycles. The van der Waals surface area contributed by atoms with Gasteiger partial charge in [-0.05, 0) is 80.6 Å². The second-order valence-corrected chi connectivity index (χ2v) is 7.84. The van der Waals surface area contributed by atoms with Gasteiger partial charge >= 0.3 is 5.97 Å². The van der Waals surface area contributed by atoms with Crippen LogP contribution in [0.3, 0.4) is 0 Å². The Balaban J connectivity index is 1.40. The van der Waals surface area contributed by atoms with Gasteiger partial charge in [-0.1, -0.05) is 0 Å². The first-order valence-corrected chi connectivity index (χ1v) is 10.4. The summed E-state index contributed by atoms with van der Waals surface area (Å²) in [6.45, 7) is 2.96. The van der Waals surface area contributed by atoms with Gasteiger partial charge in [0.25, 0.3) is 5.91 Å². The number of aromatic nitrogens is 1. The van der Waals surface area contributed by atoms with Crippen molar-refractivity contribution in [1.29, 1.82) is 0 Å². The topological polar surface area (TPSA) is 100 Å². The van der Waals surface area contributed by atoms with Crippen LogP contribution in [0.1, 0.15) is 48.3 Å². The van der Waals surface area contributed by atoms with Crippen molar-refractivity contribution in [2.45, 2.75) is 45.6 Å². The molecule has 0 spiro atoms. The third kappa shape index (κ3) is 4.60. The molecule has 2 amide bonds. The van der Waals surface area contributed by atoms with E-state index in [0.29, 0.717) is 16.9 Å². The van der Waals surface area contributed by atoms with Crippen LogP contribution < -0.4 is 10.6 Å². The molecule has 31 heavy (non-hydrogen) atoms. The summed E-state index contributed by atoms with van der Waals surface area (Å²) in [4.78, 5) is 39.6. The van der Waals surface area contributed by atoms with E-state index in [4.69, 9.17) is 4.74 Å². The maximum Gasteiger partial charge on any atom is 0.338 e. The smallest absolute Gasteiger partial charge is 0.338 e. The SMILES string of the molecule is CC(=O)Nc1ccc(NC(=O)C(C)OC(=O)c2ccc3[nH]c4c(c3c2)CCCC4)cc1. The summed E-state index contributed by atoms with van der Waals surface area (Å²) in [5.41, 5.74) is 5.17. The zero-order valence-electron chi connectivity index (χ0n) is 17.6. The average Bonchev–Trinajstić information content (AvgIpc) is 3.12. The zero-order chi connectivity index (χ0) is 22.0. The van der Waals surface area contributed by atoms with Crippen LogP contribution in [-0.4, -0.2) is 28.9 Å². The lowest BCUT2D eigenvalue weighted by Gasteiger charge is -2.14. The number of rotatable bonds is 5. The number of hydrogen-bond donors (Lipinski definition) is 3. The summed E-state index contributed by atoms with van der Waals surface area (Å²) in [7, 11) is 0. The first-order chi connectivity index (χ1) is 14.9. The number of esters is 1. The summed E-state index contributed by atoms with van der Waals surface area (Å²) < 4.78 is 5.40. The third-order valence-corrected chi connectivity index (χ3v) is 5.46. The molecular formula is C24H25N3O4. The summed E-state index contributed by atoms with van der Waals surface area (Å²) in [6, 6.07) is 12.2. The minimum absolute atomic E-state index is 0.171. The molecule has 7 heteroatoms. The summed E-state index contributed by atoms with van der Waals surface area (Å²) in [5, 5.41) is 6.43. The van der Waals surface area contributed by atoms with E-state index in [-0.39, 0.29) is 5.91 Å². The number of anilines is 2. The highest BCUT2D eigenvalue weighted by atomic mass is 16.5. The van der Waals surface area contributed by atoms with Crippen molar-refractivity contribution in [2.24, 2.45) is 0 Å². The highest BCUT2D eigenvalue weighted by Gasteiger charge is 2.21. The fourth-order valence-corrected chi connectivity index (χ4v) is 3.90.